The first-order valence-corrected chi connectivity index (χ1v) is 7.86. The summed E-state index contributed by atoms with van der Waals surface area (Å²) in [7, 11) is 0. The van der Waals surface area contributed by atoms with E-state index in [0.29, 0.717) is 29.2 Å². The summed E-state index contributed by atoms with van der Waals surface area (Å²) in [6, 6.07) is 0.565. The van der Waals surface area contributed by atoms with Crippen LogP contribution in [0, 0.1) is 17.3 Å². The lowest BCUT2D eigenvalue weighted by atomic mass is 9.84. The number of nitrogens with one attached hydrogen (secondary N) is 1. The van der Waals surface area contributed by atoms with Gasteiger partial charge in [-0.3, -0.25) is 4.79 Å². The van der Waals surface area contributed by atoms with Gasteiger partial charge in [0, 0.05) is 25.6 Å². The molecule has 0 aromatic rings. The molecule has 3 heteroatoms. The van der Waals surface area contributed by atoms with Crippen molar-refractivity contribution >= 4 is 5.91 Å². The van der Waals surface area contributed by atoms with Crippen LogP contribution in [0.15, 0.2) is 0 Å². The van der Waals surface area contributed by atoms with Crippen LogP contribution in [0.2, 0.25) is 0 Å². The number of amides is 1. The zero-order chi connectivity index (χ0) is 14.0. The summed E-state index contributed by atoms with van der Waals surface area (Å²) in [5, 5.41) is 3.56. The molecule has 0 saturated carbocycles. The molecule has 2 fully saturated rings. The average Bonchev–Trinajstić information content (AvgIpc) is 2.69. The first-order chi connectivity index (χ1) is 8.85. The van der Waals surface area contributed by atoms with Gasteiger partial charge in [0.2, 0.25) is 5.91 Å². The fraction of sp³-hybridized carbons (Fsp3) is 0.938. The molecule has 1 unspecified atom stereocenters. The second-order valence-corrected chi connectivity index (χ2v) is 7.84. The molecule has 2 rings (SSSR count). The summed E-state index contributed by atoms with van der Waals surface area (Å²) in [6.07, 6.45) is 4.40. The lowest BCUT2D eigenvalue weighted by molar-refractivity contribution is -0.131. The summed E-state index contributed by atoms with van der Waals surface area (Å²) >= 11 is 0. The van der Waals surface area contributed by atoms with Crippen molar-refractivity contribution in [3.05, 3.63) is 0 Å². The predicted octanol–water partition coefficient (Wildman–Crippen LogP) is 2.66. The molecular weight excluding hydrogens is 236 g/mol. The largest absolute Gasteiger partial charge is 0.341 e. The summed E-state index contributed by atoms with van der Waals surface area (Å²) in [6.45, 7) is 12.0. The Morgan fingerprint density at radius 1 is 1.37 bits per heavy atom. The Morgan fingerprint density at radius 3 is 2.74 bits per heavy atom. The van der Waals surface area contributed by atoms with Crippen molar-refractivity contribution in [1.29, 1.82) is 0 Å². The van der Waals surface area contributed by atoms with Crippen molar-refractivity contribution in [2.24, 2.45) is 17.3 Å². The maximum atomic E-state index is 12.4. The number of likely N-dealkylation sites (tertiary alicyclic amines) is 1. The molecule has 3 nitrogen and oxygen atoms in total. The van der Waals surface area contributed by atoms with Crippen LogP contribution in [0.3, 0.4) is 0 Å². The van der Waals surface area contributed by atoms with Gasteiger partial charge in [-0.1, -0.05) is 27.7 Å². The van der Waals surface area contributed by atoms with Gasteiger partial charge in [0.15, 0.2) is 0 Å². The maximum Gasteiger partial charge on any atom is 0.222 e. The molecule has 2 aliphatic rings. The Balaban J connectivity index is 1.81. The third-order valence-corrected chi connectivity index (χ3v) is 4.44. The number of nitrogens with zero attached hydrogens (tertiary/aromatic N) is 1. The van der Waals surface area contributed by atoms with E-state index in [1.165, 1.54) is 12.8 Å². The van der Waals surface area contributed by atoms with Crippen molar-refractivity contribution in [3.8, 4) is 0 Å². The molecule has 0 aliphatic carbocycles. The zero-order valence-corrected chi connectivity index (χ0v) is 13.0. The molecule has 1 amide bonds. The van der Waals surface area contributed by atoms with Crippen molar-refractivity contribution in [2.45, 2.75) is 59.4 Å². The number of carbonyl (C=O) groups excluding carboxylic acids is 1. The van der Waals surface area contributed by atoms with E-state index in [4.69, 9.17) is 0 Å². The lowest BCUT2D eigenvalue weighted by Gasteiger charge is -2.25. The summed E-state index contributed by atoms with van der Waals surface area (Å²) in [5.41, 5.74) is 0.320. The highest BCUT2D eigenvalue weighted by Crippen LogP contribution is 2.29. The fourth-order valence-corrected chi connectivity index (χ4v) is 3.80. The van der Waals surface area contributed by atoms with E-state index < -0.39 is 0 Å². The number of fused-ring (bicyclic) bond motifs is 1. The normalized spacial score (nSPS) is 29.2. The number of hydrogen-bond donors (Lipinski definition) is 1. The highest BCUT2D eigenvalue weighted by atomic mass is 16.2. The monoisotopic (exact) mass is 266 g/mol. The van der Waals surface area contributed by atoms with Crippen molar-refractivity contribution < 1.29 is 4.79 Å². The Bertz CT molecular complexity index is 307. The molecule has 0 aromatic heterocycles. The van der Waals surface area contributed by atoms with Crippen LogP contribution in [-0.2, 0) is 4.79 Å². The van der Waals surface area contributed by atoms with Crippen LogP contribution in [0.1, 0.15) is 53.4 Å². The van der Waals surface area contributed by atoms with E-state index in [-0.39, 0.29) is 0 Å². The number of hydrogen-bond acceptors (Lipinski definition) is 2. The molecule has 2 saturated heterocycles. The summed E-state index contributed by atoms with van der Waals surface area (Å²) in [5.74, 6) is 1.56. The highest BCUT2D eigenvalue weighted by molar-refractivity contribution is 5.76. The molecule has 0 spiro atoms. The summed E-state index contributed by atoms with van der Waals surface area (Å²) in [4.78, 5) is 14.5. The minimum Gasteiger partial charge on any atom is -0.341 e. The molecular formula is C16H30N2O. The minimum atomic E-state index is 0.320. The van der Waals surface area contributed by atoms with E-state index in [1.54, 1.807) is 0 Å². The Labute approximate surface area is 118 Å². The van der Waals surface area contributed by atoms with Gasteiger partial charge in [0.05, 0.1) is 0 Å². The number of rotatable bonds is 3. The number of piperidine rings is 1. The molecule has 1 N–H and O–H groups in total. The second-order valence-electron chi connectivity index (χ2n) is 7.84. The fourth-order valence-electron chi connectivity index (χ4n) is 3.80. The molecule has 3 atom stereocenters. The van der Waals surface area contributed by atoms with E-state index in [2.05, 4.69) is 37.9 Å². The van der Waals surface area contributed by atoms with E-state index in [9.17, 15) is 4.79 Å². The molecule has 0 aromatic carbocycles. The van der Waals surface area contributed by atoms with Gasteiger partial charge >= 0.3 is 0 Å². The Hall–Kier alpha value is -0.570. The standard InChI is InChI=1S/C16H30N2O/c1-12(9-16(2,3)4)8-15(19)18-10-13-6-5-7-17-14(13)11-18/h12-14,17H,5-11H2,1-4H3/t12?,13-,14+/m0/s1. The molecule has 0 radical (unpaired) electrons. The van der Waals surface area contributed by atoms with Gasteiger partial charge in [-0.25, -0.2) is 0 Å². The maximum absolute atomic E-state index is 12.4. The average molecular weight is 266 g/mol. The van der Waals surface area contributed by atoms with Gasteiger partial charge in [-0.15, -0.1) is 0 Å². The Kier molecular flexibility index (Phi) is 4.54. The van der Waals surface area contributed by atoms with Gasteiger partial charge in [-0.05, 0) is 43.1 Å². The minimum absolute atomic E-state index is 0.320. The Morgan fingerprint density at radius 2 is 2.11 bits per heavy atom. The topological polar surface area (TPSA) is 32.3 Å². The first kappa shape index (κ1) is 14.8. The van der Waals surface area contributed by atoms with Gasteiger partial charge < -0.3 is 10.2 Å². The van der Waals surface area contributed by atoms with Crippen LogP contribution in [0.25, 0.3) is 0 Å². The third kappa shape index (κ3) is 4.20. The first-order valence-electron chi connectivity index (χ1n) is 7.86. The van der Waals surface area contributed by atoms with Crippen molar-refractivity contribution in [2.75, 3.05) is 19.6 Å². The lowest BCUT2D eigenvalue weighted by Crippen LogP contribution is -2.41. The van der Waals surface area contributed by atoms with E-state index >= 15 is 0 Å². The smallest absolute Gasteiger partial charge is 0.222 e. The second kappa shape index (κ2) is 5.82. The van der Waals surface area contributed by atoms with Gasteiger partial charge in [0.25, 0.3) is 0 Å². The van der Waals surface area contributed by atoms with Crippen LogP contribution in [-0.4, -0.2) is 36.5 Å². The van der Waals surface area contributed by atoms with E-state index in [0.717, 1.165) is 32.5 Å². The number of carbonyl (C=O) groups is 1. The van der Waals surface area contributed by atoms with Crippen molar-refractivity contribution in [1.82, 2.24) is 10.2 Å². The van der Waals surface area contributed by atoms with Crippen LogP contribution in [0.5, 0.6) is 0 Å². The van der Waals surface area contributed by atoms with E-state index in [1.807, 2.05) is 0 Å². The molecule has 2 heterocycles. The van der Waals surface area contributed by atoms with Crippen LogP contribution < -0.4 is 5.32 Å². The SMILES string of the molecule is CC(CC(=O)N1C[C@@H]2CCCN[C@@H]2C1)CC(C)(C)C. The van der Waals surface area contributed by atoms with Crippen LogP contribution >= 0.6 is 0 Å². The third-order valence-electron chi connectivity index (χ3n) is 4.44. The molecule has 110 valence electrons. The predicted molar refractivity (Wildman–Crippen MR) is 78.9 cm³/mol. The molecule has 2 aliphatic heterocycles. The molecule has 19 heavy (non-hydrogen) atoms. The highest BCUT2D eigenvalue weighted by Gasteiger charge is 2.36. The van der Waals surface area contributed by atoms with Gasteiger partial charge in [-0.2, -0.15) is 0 Å². The molecule has 0 bridgehead atoms. The quantitative estimate of drug-likeness (QED) is 0.852. The zero-order valence-electron chi connectivity index (χ0n) is 13.0. The van der Waals surface area contributed by atoms with Crippen LogP contribution in [0.4, 0.5) is 0 Å². The van der Waals surface area contributed by atoms with Crippen molar-refractivity contribution in [3.63, 3.8) is 0 Å². The van der Waals surface area contributed by atoms with Gasteiger partial charge in [0.1, 0.15) is 0 Å². The summed E-state index contributed by atoms with van der Waals surface area (Å²) < 4.78 is 0.